The highest BCUT2D eigenvalue weighted by Gasteiger charge is 2.13. The average Bonchev–Trinajstić information content (AvgIpc) is 2.16. The fraction of sp³-hybridized carbons (Fsp3) is 0.900. The fourth-order valence-electron chi connectivity index (χ4n) is 0.965. The van der Waals surface area contributed by atoms with Gasteiger partial charge in [-0.2, -0.15) is 0 Å². The summed E-state index contributed by atoms with van der Waals surface area (Å²) in [6.07, 6.45) is 1.59. The second kappa shape index (κ2) is 8.12. The molecule has 0 fully saturated rings. The minimum Gasteiger partial charge on any atom is -0.385 e. The van der Waals surface area contributed by atoms with Gasteiger partial charge in [-0.15, -0.1) is 0 Å². The number of hydrogen-bond acceptors (Lipinski definition) is 3. The zero-order valence-electron chi connectivity index (χ0n) is 9.25. The summed E-state index contributed by atoms with van der Waals surface area (Å²) >= 11 is 0. The van der Waals surface area contributed by atoms with Gasteiger partial charge in [0.1, 0.15) is 5.78 Å². The van der Waals surface area contributed by atoms with Gasteiger partial charge in [0.25, 0.3) is 0 Å². The Labute approximate surface area is 88.7 Å². The van der Waals surface area contributed by atoms with Gasteiger partial charge in [0.15, 0.2) is 0 Å². The lowest BCUT2D eigenvalue weighted by atomic mass is 10.1. The minimum atomic E-state index is -1.00. The molecular weight excluding hydrogens is 200 g/mol. The van der Waals surface area contributed by atoms with E-state index in [1.54, 1.807) is 7.11 Å². The van der Waals surface area contributed by atoms with E-state index < -0.39 is 10.8 Å². The van der Waals surface area contributed by atoms with Gasteiger partial charge in [-0.05, 0) is 12.8 Å². The number of rotatable bonds is 8. The molecular formula is C10H20O3S. The minimum absolute atomic E-state index is 0.0429. The lowest BCUT2D eigenvalue weighted by Gasteiger charge is -2.06. The summed E-state index contributed by atoms with van der Waals surface area (Å²) in [5.74, 6) is 0.930. The lowest BCUT2D eigenvalue weighted by molar-refractivity contribution is -0.119. The monoisotopic (exact) mass is 220 g/mol. The average molecular weight is 220 g/mol. The van der Waals surface area contributed by atoms with Gasteiger partial charge < -0.3 is 4.74 Å². The van der Waals surface area contributed by atoms with Crippen molar-refractivity contribution in [1.82, 2.24) is 0 Å². The van der Waals surface area contributed by atoms with Crippen molar-refractivity contribution in [1.29, 1.82) is 0 Å². The third-order valence-corrected chi connectivity index (χ3v) is 3.54. The first-order valence-corrected chi connectivity index (χ1v) is 6.47. The summed E-state index contributed by atoms with van der Waals surface area (Å²) in [5.41, 5.74) is 0. The predicted molar refractivity (Wildman–Crippen MR) is 58.8 cm³/mol. The molecule has 2 atom stereocenters. The Hall–Kier alpha value is -0.220. The van der Waals surface area contributed by atoms with Crippen LogP contribution in [0.15, 0.2) is 0 Å². The van der Waals surface area contributed by atoms with Crippen LogP contribution in [-0.4, -0.2) is 35.2 Å². The van der Waals surface area contributed by atoms with Crippen molar-refractivity contribution in [2.75, 3.05) is 25.2 Å². The zero-order valence-corrected chi connectivity index (χ0v) is 10.1. The van der Waals surface area contributed by atoms with Crippen molar-refractivity contribution in [2.24, 2.45) is 5.92 Å². The van der Waals surface area contributed by atoms with Crippen LogP contribution < -0.4 is 0 Å². The Morgan fingerprint density at radius 2 is 2.14 bits per heavy atom. The number of methoxy groups -OCH3 is 1. The number of hydrogen-bond donors (Lipinski definition) is 0. The van der Waals surface area contributed by atoms with Crippen LogP contribution in [0.5, 0.6) is 0 Å². The quantitative estimate of drug-likeness (QED) is 0.581. The Kier molecular flexibility index (Phi) is 7.99. The van der Waals surface area contributed by atoms with Gasteiger partial charge in [0.2, 0.25) is 0 Å². The highest BCUT2D eigenvalue weighted by atomic mass is 32.2. The number of carbonyl (C=O) groups is 1. The molecule has 0 saturated carbocycles. The number of ether oxygens (including phenoxy) is 1. The molecule has 0 aliphatic heterocycles. The fourth-order valence-corrected chi connectivity index (χ4v) is 2.15. The molecule has 2 unspecified atom stereocenters. The predicted octanol–water partition coefficient (Wildman–Crippen LogP) is 1.39. The number of ketones is 1. The Morgan fingerprint density at radius 1 is 1.50 bits per heavy atom. The maximum absolute atomic E-state index is 11.4. The summed E-state index contributed by atoms with van der Waals surface area (Å²) in [5, 5.41) is 0. The molecule has 84 valence electrons. The van der Waals surface area contributed by atoms with Crippen LogP contribution >= 0.6 is 0 Å². The second-order valence-electron chi connectivity index (χ2n) is 3.41. The lowest BCUT2D eigenvalue weighted by Crippen LogP contribution is -2.19. The molecule has 0 aromatic heterocycles. The summed E-state index contributed by atoms with van der Waals surface area (Å²) < 4.78 is 16.2. The Bertz CT molecular complexity index is 192. The van der Waals surface area contributed by atoms with Crippen LogP contribution in [0.3, 0.4) is 0 Å². The van der Waals surface area contributed by atoms with E-state index in [-0.39, 0.29) is 17.5 Å². The van der Waals surface area contributed by atoms with Gasteiger partial charge in [-0.1, -0.05) is 13.8 Å². The molecule has 14 heavy (non-hydrogen) atoms. The second-order valence-corrected chi connectivity index (χ2v) is 4.99. The van der Waals surface area contributed by atoms with E-state index in [4.69, 9.17) is 4.74 Å². The molecule has 0 aliphatic carbocycles. The standard InChI is InChI=1S/C10H20O3S/c1-4-9(2)10(11)8-14(12)7-5-6-13-3/h9H,4-8H2,1-3H3. The topological polar surface area (TPSA) is 43.4 Å². The Balaban J connectivity index is 3.66. The van der Waals surface area contributed by atoms with Crippen LogP contribution in [0, 0.1) is 5.92 Å². The molecule has 0 N–H and O–H groups in total. The molecule has 0 heterocycles. The van der Waals surface area contributed by atoms with Gasteiger partial charge in [0, 0.05) is 36.2 Å². The third kappa shape index (κ3) is 6.27. The van der Waals surface area contributed by atoms with Crippen LogP contribution in [0.25, 0.3) is 0 Å². The molecule has 0 amide bonds. The van der Waals surface area contributed by atoms with Gasteiger partial charge in [-0.3, -0.25) is 9.00 Å². The largest absolute Gasteiger partial charge is 0.385 e. The smallest absolute Gasteiger partial charge is 0.148 e. The first-order chi connectivity index (χ1) is 6.61. The Morgan fingerprint density at radius 3 is 2.64 bits per heavy atom. The van der Waals surface area contributed by atoms with Gasteiger partial charge in [0.05, 0.1) is 5.75 Å². The molecule has 0 radical (unpaired) electrons. The molecule has 0 bridgehead atoms. The van der Waals surface area contributed by atoms with Gasteiger partial charge in [-0.25, -0.2) is 0 Å². The van der Waals surface area contributed by atoms with Crippen LogP contribution in [-0.2, 0) is 20.3 Å². The highest BCUT2D eigenvalue weighted by molar-refractivity contribution is 7.85. The zero-order chi connectivity index (χ0) is 11.0. The maximum atomic E-state index is 11.4. The third-order valence-electron chi connectivity index (χ3n) is 2.19. The molecule has 0 spiro atoms. The van der Waals surface area contributed by atoms with Crippen molar-refractivity contribution in [3.8, 4) is 0 Å². The molecule has 0 aliphatic rings. The molecule has 4 heteroatoms. The highest BCUT2D eigenvalue weighted by Crippen LogP contribution is 2.03. The van der Waals surface area contributed by atoms with Gasteiger partial charge >= 0.3 is 0 Å². The van der Waals surface area contributed by atoms with E-state index >= 15 is 0 Å². The van der Waals surface area contributed by atoms with Crippen molar-refractivity contribution in [3.05, 3.63) is 0 Å². The molecule has 3 nitrogen and oxygen atoms in total. The van der Waals surface area contributed by atoms with Crippen LogP contribution in [0.4, 0.5) is 0 Å². The van der Waals surface area contributed by atoms with Crippen molar-refractivity contribution >= 4 is 16.6 Å². The molecule has 0 aromatic rings. The SMILES string of the molecule is CCC(C)C(=O)CS(=O)CCCOC. The van der Waals surface area contributed by atoms with E-state index in [1.165, 1.54) is 0 Å². The summed E-state index contributed by atoms with van der Waals surface area (Å²) in [6, 6.07) is 0. The molecule has 0 saturated heterocycles. The van der Waals surface area contributed by atoms with E-state index in [1.807, 2.05) is 13.8 Å². The molecule has 0 rings (SSSR count). The van der Waals surface area contributed by atoms with Crippen LogP contribution in [0.2, 0.25) is 0 Å². The number of carbonyl (C=O) groups excluding carboxylic acids is 1. The van der Waals surface area contributed by atoms with E-state index in [9.17, 15) is 9.00 Å². The number of Topliss-reactive ketones (excluding diaryl/α,β-unsaturated/α-hetero) is 1. The first kappa shape index (κ1) is 13.8. The van der Waals surface area contributed by atoms with Crippen LogP contribution in [0.1, 0.15) is 26.7 Å². The van der Waals surface area contributed by atoms with E-state index in [0.717, 1.165) is 12.8 Å². The van der Waals surface area contributed by atoms with Crippen molar-refractivity contribution in [2.45, 2.75) is 26.7 Å². The first-order valence-electron chi connectivity index (χ1n) is 4.98. The summed E-state index contributed by atoms with van der Waals surface area (Å²) in [4.78, 5) is 11.4. The maximum Gasteiger partial charge on any atom is 0.148 e. The summed E-state index contributed by atoms with van der Waals surface area (Å²) in [6.45, 7) is 4.47. The van der Waals surface area contributed by atoms with Crippen molar-refractivity contribution < 1.29 is 13.7 Å². The van der Waals surface area contributed by atoms with E-state index in [2.05, 4.69) is 0 Å². The van der Waals surface area contributed by atoms with E-state index in [0.29, 0.717) is 12.4 Å². The van der Waals surface area contributed by atoms with Crippen molar-refractivity contribution in [3.63, 3.8) is 0 Å². The normalized spacial score (nSPS) is 15.1. The summed E-state index contributed by atoms with van der Waals surface area (Å²) in [7, 11) is 0.615. The molecule has 0 aromatic carbocycles.